The van der Waals surface area contributed by atoms with Gasteiger partial charge in [-0.25, -0.2) is 9.67 Å². The monoisotopic (exact) mass is 289 g/mol. The van der Waals surface area contributed by atoms with E-state index in [9.17, 15) is 0 Å². The Kier molecular flexibility index (Phi) is 2.73. The van der Waals surface area contributed by atoms with Crippen LogP contribution >= 0.6 is 0 Å². The van der Waals surface area contributed by atoms with Gasteiger partial charge in [0.2, 0.25) is 11.4 Å². The molecule has 0 fully saturated rings. The fraction of sp³-hybridized carbons (Fsp3) is 0.167. The zero-order chi connectivity index (χ0) is 15.3. The third-order valence-electron chi connectivity index (χ3n) is 4.29. The average Bonchev–Trinajstić information content (AvgIpc) is 2.98. The number of aliphatic imine (C=N–C) groups is 1. The van der Waals surface area contributed by atoms with E-state index in [2.05, 4.69) is 54.0 Å². The normalized spacial score (nSPS) is 15.9. The molecule has 4 rings (SSSR count). The van der Waals surface area contributed by atoms with Gasteiger partial charge in [-0.2, -0.15) is 9.67 Å². The molecule has 0 spiro atoms. The lowest BCUT2D eigenvalue weighted by atomic mass is 10.1. The van der Waals surface area contributed by atoms with Crippen molar-refractivity contribution < 1.29 is 4.58 Å². The molecule has 4 heteroatoms. The Balaban J connectivity index is 1.98. The van der Waals surface area contributed by atoms with Crippen LogP contribution in [0.2, 0.25) is 0 Å². The van der Waals surface area contributed by atoms with Crippen LogP contribution in [0.4, 0.5) is 11.5 Å². The van der Waals surface area contributed by atoms with Crippen molar-refractivity contribution in [2.24, 2.45) is 12.0 Å². The standard InChI is InChI=1S/C18H17N4/c1-12-17(14-9-5-7-11-16(14)21(12)2)19-18-13-8-4-6-10-15(13)20-22(18)3/h4-11H,1-3H3/q+1. The maximum Gasteiger partial charge on any atom is 0.214 e. The number of rotatable bonds is 1. The first-order valence-corrected chi connectivity index (χ1v) is 7.34. The minimum absolute atomic E-state index is 0.898. The Morgan fingerprint density at radius 1 is 1.05 bits per heavy atom. The zero-order valence-electron chi connectivity index (χ0n) is 12.9. The lowest BCUT2D eigenvalue weighted by molar-refractivity contribution is -0.400. The maximum atomic E-state index is 4.96. The molecule has 4 nitrogen and oxygen atoms in total. The maximum absolute atomic E-state index is 4.96. The van der Waals surface area contributed by atoms with Crippen molar-refractivity contribution in [3.05, 3.63) is 54.1 Å². The Morgan fingerprint density at radius 2 is 1.77 bits per heavy atom. The van der Waals surface area contributed by atoms with Gasteiger partial charge in [-0.3, -0.25) is 0 Å². The Morgan fingerprint density at radius 3 is 2.64 bits per heavy atom. The van der Waals surface area contributed by atoms with Crippen LogP contribution < -0.4 is 0 Å². The van der Waals surface area contributed by atoms with Crippen LogP contribution in [0.15, 0.2) is 53.5 Å². The molecule has 0 bridgehead atoms. The fourth-order valence-corrected chi connectivity index (χ4v) is 3.01. The van der Waals surface area contributed by atoms with Gasteiger partial charge >= 0.3 is 0 Å². The van der Waals surface area contributed by atoms with Crippen LogP contribution in [0.3, 0.4) is 0 Å². The second kappa shape index (κ2) is 4.63. The minimum atomic E-state index is 0.898. The fourth-order valence-electron chi connectivity index (χ4n) is 3.01. The van der Waals surface area contributed by atoms with E-state index in [1.807, 2.05) is 29.9 Å². The second-order valence-electron chi connectivity index (χ2n) is 5.59. The summed E-state index contributed by atoms with van der Waals surface area (Å²) in [6.45, 7) is 2.11. The van der Waals surface area contributed by atoms with Crippen molar-refractivity contribution in [3.63, 3.8) is 0 Å². The molecule has 0 amide bonds. The van der Waals surface area contributed by atoms with Gasteiger partial charge in [0.1, 0.15) is 12.8 Å². The summed E-state index contributed by atoms with van der Waals surface area (Å²) in [5.74, 6) is 0.898. The highest BCUT2D eigenvalue weighted by atomic mass is 15.3. The summed E-state index contributed by atoms with van der Waals surface area (Å²) in [5.41, 5.74) is 5.53. The SMILES string of the molecule is CC1=[N+](C)c2ccccc2/C1=N/c1c2ccccc2nn1C. The highest BCUT2D eigenvalue weighted by Gasteiger charge is 2.30. The predicted molar refractivity (Wildman–Crippen MR) is 89.9 cm³/mol. The van der Waals surface area contributed by atoms with E-state index in [0.717, 1.165) is 28.1 Å². The molecular weight excluding hydrogens is 272 g/mol. The van der Waals surface area contributed by atoms with Crippen molar-refractivity contribution in [2.45, 2.75) is 6.92 Å². The van der Waals surface area contributed by atoms with Crippen LogP contribution in [0, 0.1) is 0 Å². The second-order valence-corrected chi connectivity index (χ2v) is 5.59. The highest BCUT2D eigenvalue weighted by Crippen LogP contribution is 2.30. The number of benzene rings is 2. The van der Waals surface area contributed by atoms with Crippen molar-refractivity contribution in [1.82, 2.24) is 9.78 Å². The van der Waals surface area contributed by atoms with Gasteiger partial charge in [0, 0.05) is 25.4 Å². The summed E-state index contributed by atoms with van der Waals surface area (Å²) in [7, 11) is 4.03. The number of aryl methyl sites for hydroxylation is 1. The molecule has 1 aromatic heterocycles. The molecule has 0 saturated carbocycles. The van der Waals surface area contributed by atoms with Crippen LogP contribution in [0.25, 0.3) is 10.9 Å². The van der Waals surface area contributed by atoms with Gasteiger partial charge in [0.25, 0.3) is 0 Å². The molecule has 1 aliphatic rings. The predicted octanol–water partition coefficient (Wildman–Crippen LogP) is 3.44. The summed E-state index contributed by atoms with van der Waals surface area (Å²) >= 11 is 0. The van der Waals surface area contributed by atoms with E-state index in [4.69, 9.17) is 4.99 Å². The van der Waals surface area contributed by atoms with Crippen molar-refractivity contribution >= 4 is 33.8 Å². The Bertz CT molecular complexity index is 960. The molecule has 1 aliphatic heterocycles. The Labute approximate surface area is 129 Å². The summed E-state index contributed by atoms with van der Waals surface area (Å²) in [4.78, 5) is 4.96. The van der Waals surface area contributed by atoms with E-state index in [0.29, 0.717) is 0 Å². The van der Waals surface area contributed by atoms with E-state index in [1.165, 1.54) is 11.3 Å². The number of para-hydroxylation sites is 1. The van der Waals surface area contributed by atoms with E-state index < -0.39 is 0 Å². The molecule has 0 radical (unpaired) electrons. The molecule has 0 unspecified atom stereocenters. The molecule has 2 aromatic carbocycles. The van der Waals surface area contributed by atoms with Crippen LogP contribution in [-0.4, -0.2) is 32.8 Å². The van der Waals surface area contributed by atoms with E-state index in [-0.39, 0.29) is 0 Å². The number of hydrogen-bond acceptors (Lipinski definition) is 2. The quantitative estimate of drug-likeness (QED) is 0.632. The van der Waals surface area contributed by atoms with Gasteiger partial charge in [-0.1, -0.05) is 24.3 Å². The largest absolute Gasteiger partial charge is 0.250 e. The van der Waals surface area contributed by atoms with Crippen molar-refractivity contribution in [3.8, 4) is 0 Å². The lowest BCUT2D eigenvalue weighted by Crippen LogP contribution is -2.12. The number of aromatic nitrogens is 2. The van der Waals surface area contributed by atoms with Crippen LogP contribution in [0.5, 0.6) is 0 Å². The first-order valence-electron chi connectivity index (χ1n) is 7.34. The molecule has 0 atom stereocenters. The van der Waals surface area contributed by atoms with Gasteiger partial charge in [-0.05, 0) is 18.2 Å². The summed E-state index contributed by atoms with van der Waals surface area (Å²) in [6.07, 6.45) is 0. The third-order valence-corrected chi connectivity index (χ3v) is 4.29. The van der Waals surface area contributed by atoms with E-state index >= 15 is 0 Å². The van der Waals surface area contributed by atoms with E-state index in [1.54, 1.807) is 0 Å². The molecule has 22 heavy (non-hydrogen) atoms. The van der Waals surface area contributed by atoms with Gasteiger partial charge in [0.15, 0.2) is 5.82 Å². The molecule has 0 N–H and O–H groups in total. The molecule has 0 aliphatic carbocycles. The first kappa shape index (κ1) is 13.0. The molecular formula is C18H17N4+. The topological polar surface area (TPSA) is 33.2 Å². The van der Waals surface area contributed by atoms with Crippen molar-refractivity contribution in [2.75, 3.05) is 7.05 Å². The molecule has 0 saturated heterocycles. The Hall–Kier alpha value is -2.75. The van der Waals surface area contributed by atoms with Gasteiger partial charge in [0.05, 0.1) is 11.1 Å². The van der Waals surface area contributed by atoms with Crippen LogP contribution in [0.1, 0.15) is 12.5 Å². The summed E-state index contributed by atoms with van der Waals surface area (Å²) in [5, 5.41) is 5.62. The highest BCUT2D eigenvalue weighted by molar-refractivity contribution is 6.49. The van der Waals surface area contributed by atoms with Crippen molar-refractivity contribution in [1.29, 1.82) is 0 Å². The van der Waals surface area contributed by atoms with Crippen LogP contribution in [-0.2, 0) is 7.05 Å². The zero-order valence-corrected chi connectivity index (χ0v) is 12.9. The lowest BCUT2D eigenvalue weighted by Gasteiger charge is -1.99. The molecule has 108 valence electrons. The third kappa shape index (κ3) is 1.73. The summed E-state index contributed by atoms with van der Waals surface area (Å²) < 4.78 is 4.04. The molecule has 2 heterocycles. The number of fused-ring (bicyclic) bond motifs is 2. The smallest absolute Gasteiger partial charge is 0.214 e. The number of nitrogens with zero attached hydrogens (tertiary/aromatic N) is 4. The number of hydrogen-bond donors (Lipinski definition) is 0. The molecule has 3 aromatic rings. The average molecular weight is 289 g/mol. The summed E-state index contributed by atoms with van der Waals surface area (Å²) in [6, 6.07) is 16.5. The first-order chi connectivity index (χ1) is 10.7. The van der Waals surface area contributed by atoms with Gasteiger partial charge < -0.3 is 0 Å². The van der Waals surface area contributed by atoms with Gasteiger partial charge in [-0.15, -0.1) is 0 Å². The minimum Gasteiger partial charge on any atom is -0.250 e.